The molecule has 2 atom stereocenters. The van der Waals surface area contributed by atoms with E-state index < -0.39 is 5.92 Å². The Balaban J connectivity index is 2.02. The third kappa shape index (κ3) is 2.10. The molecule has 0 saturated carbocycles. The Kier molecular flexibility index (Phi) is 3.42. The average molecular weight is 265 g/mol. The molecule has 0 bridgehead atoms. The summed E-state index contributed by atoms with van der Waals surface area (Å²) in [5.41, 5.74) is 0. The molecular weight excluding hydrogens is 249 g/mol. The number of alkyl halides is 2. The molecule has 2 aliphatic rings. The first-order chi connectivity index (χ1) is 6.72. The second-order valence-corrected chi connectivity index (χ2v) is 4.96. The van der Waals surface area contributed by atoms with Crippen molar-refractivity contribution in [1.82, 2.24) is 15.5 Å². The van der Waals surface area contributed by atoms with Crippen molar-refractivity contribution in [2.45, 2.75) is 30.1 Å². The van der Waals surface area contributed by atoms with Gasteiger partial charge in [-0.2, -0.15) is 5.32 Å². The minimum absolute atomic E-state index is 0.143. The Bertz CT molecular complexity index is 196. The summed E-state index contributed by atoms with van der Waals surface area (Å²) in [6.45, 7) is 2.51. The van der Waals surface area contributed by atoms with Crippen molar-refractivity contribution in [3.63, 3.8) is 0 Å². The van der Waals surface area contributed by atoms with Crippen LogP contribution in [0.15, 0.2) is 0 Å². The number of piperidine rings is 1. The van der Waals surface area contributed by atoms with Crippen molar-refractivity contribution in [2.24, 2.45) is 0 Å². The molecule has 1 radical (unpaired) electrons. The number of nitrogens with one attached hydrogen (secondary N) is 1. The van der Waals surface area contributed by atoms with Gasteiger partial charge in [0.2, 0.25) is 5.92 Å². The molecule has 0 aromatic rings. The first kappa shape index (κ1) is 10.8. The Labute approximate surface area is 92.5 Å². The minimum Gasteiger partial charge on any atom is -0.310 e. The van der Waals surface area contributed by atoms with Crippen LogP contribution in [0.3, 0.4) is 0 Å². The van der Waals surface area contributed by atoms with Gasteiger partial charge in [-0.25, -0.2) is 9.29 Å². The maximum atomic E-state index is 14.4. The second-order valence-electron chi connectivity index (χ2n) is 3.90. The van der Waals surface area contributed by atoms with Crippen LogP contribution in [0.4, 0.5) is 4.39 Å². The highest BCUT2D eigenvalue weighted by atomic mass is 79.9. The smallest absolute Gasteiger partial charge is 0.246 e. The average Bonchev–Trinajstić information content (AvgIpc) is 2.19. The van der Waals surface area contributed by atoms with Gasteiger partial charge in [0, 0.05) is 19.6 Å². The molecule has 0 spiro atoms. The van der Waals surface area contributed by atoms with Crippen LogP contribution in [0.1, 0.15) is 19.3 Å². The minimum atomic E-state index is -1.48. The van der Waals surface area contributed by atoms with Gasteiger partial charge in [0.25, 0.3) is 0 Å². The number of nitrogens with zero attached hydrogens (tertiary/aromatic N) is 2. The van der Waals surface area contributed by atoms with Crippen LogP contribution in [0.2, 0.25) is 0 Å². The number of halogens is 2. The maximum Gasteiger partial charge on any atom is 0.246 e. The topological polar surface area (TPSA) is 29.4 Å². The Morgan fingerprint density at radius 3 is 3.00 bits per heavy atom. The molecule has 2 aliphatic heterocycles. The molecule has 14 heavy (non-hydrogen) atoms. The van der Waals surface area contributed by atoms with Crippen LogP contribution >= 0.6 is 15.9 Å². The van der Waals surface area contributed by atoms with Gasteiger partial charge in [-0.1, -0.05) is 15.9 Å². The van der Waals surface area contributed by atoms with Gasteiger partial charge in [-0.15, -0.1) is 0 Å². The first-order valence-corrected chi connectivity index (χ1v) is 6.13. The molecule has 2 fully saturated rings. The summed E-state index contributed by atoms with van der Waals surface area (Å²) in [5.74, 6) is -1.48. The van der Waals surface area contributed by atoms with Gasteiger partial charge >= 0.3 is 0 Å². The molecule has 0 aromatic heterocycles. The van der Waals surface area contributed by atoms with E-state index in [-0.39, 0.29) is 4.95 Å². The lowest BCUT2D eigenvalue weighted by Gasteiger charge is -2.44. The van der Waals surface area contributed by atoms with Crippen LogP contribution in [0.25, 0.3) is 0 Å². The number of piperazine rings is 1. The quantitative estimate of drug-likeness (QED) is 0.566. The van der Waals surface area contributed by atoms with Crippen molar-refractivity contribution in [2.75, 3.05) is 26.2 Å². The SMILES string of the molecule is FC1(N2CCCCC2Br)CNCC[N]1. The van der Waals surface area contributed by atoms with Crippen LogP contribution in [0.5, 0.6) is 0 Å². The summed E-state index contributed by atoms with van der Waals surface area (Å²) in [7, 11) is 0. The predicted octanol–water partition coefficient (Wildman–Crippen LogP) is 1.02. The molecular formula is C9H16BrFN3. The van der Waals surface area contributed by atoms with Crippen molar-refractivity contribution in [1.29, 1.82) is 0 Å². The van der Waals surface area contributed by atoms with Gasteiger partial charge in [0.1, 0.15) is 0 Å². The van der Waals surface area contributed by atoms with Gasteiger partial charge in [-0.05, 0) is 19.3 Å². The lowest BCUT2D eigenvalue weighted by Crippen LogP contribution is -2.64. The van der Waals surface area contributed by atoms with Crippen molar-refractivity contribution >= 4 is 15.9 Å². The van der Waals surface area contributed by atoms with Gasteiger partial charge in [0.15, 0.2) is 0 Å². The van der Waals surface area contributed by atoms with Crippen molar-refractivity contribution in [3.8, 4) is 0 Å². The summed E-state index contributed by atoms with van der Waals surface area (Å²) in [4.78, 5) is 1.98. The fourth-order valence-corrected chi connectivity index (χ4v) is 2.92. The zero-order chi connectivity index (χ0) is 10.0. The molecule has 5 heteroatoms. The Hall–Kier alpha value is 0.290. The molecule has 2 saturated heterocycles. The van der Waals surface area contributed by atoms with E-state index >= 15 is 0 Å². The largest absolute Gasteiger partial charge is 0.310 e. The molecule has 2 rings (SSSR count). The number of hydrogen-bond acceptors (Lipinski definition) is 2. The fourth-order valence-electron chi connectivity index (χ4n) is 2.08. The zero-order valence-electron chi connectivity index (χ0n) is 8.18. The van der Waals surface area contributed by atoms with Crippen molar-refractivity contribution < 1.29 is 4.39 Å². The number of likely N-dealkylation sites (tertiary alicyclic amines) is 1. The number of hydrogen-bond donors (Lipinski definition) is 1. The van der Waals surface area contributed by atoms with E-state index in [4.69, 9.17) is 0 Å². The van der Waals surface area contributed by atoms with Crippen LogP contribution in [-0.2, 0) is 0 Å². The summed E-state index contributed by atoms with van der Waals surface area (Å²) in [6.07, 6.45) is 3.26. The summed E-state index contributed by atoms with van der Waals surface area (Å²) >= 11 is 3.52. The van der Waals surface area contributed by atoms with Crippen molar-refractivity contribution in [3.05, 3.63) is 0 Å². The van der Waals surface area contributed by atoms with Crippen LogP contribution in [0, 0.1) is 0 Å². The Morgan fingerprint density at radius 2 is 2.36 bits per heavy atom. The summed E-state index contributed by atoms with van der Waals surface area (Å²) in [5, 5.41) is 7.16. The fraction of sp³-hybridized carbons (Fsp3) is 1.00. The maximum absolute atomic E-state index is 14.4. The molecule has 1 N–H and O–H groups in total. The molecule has 81 valence electrons. The van der Waals surface area contributed by atoms with E-state index in [0.717, 1.165) is 25.9 Å². The highest BCUT2D eigenvalue weighted by Gasteiger charge is 2.43. The summed E-state index contributed by atoms with van der Waals surface area (Å²) in [6, 6.07) is 0. The van der Waals surface area contributed by atoms with E-state index in [0.29, 0.717) is 13.1 Å². The normalized spacial score (nSPS) is 41.1. The third-order valence-corrected chi connectivity index (χ3v) is 3.81. The van der Waals surface area contributed by atoms with E-state index in [2.05, 4.69) is 26.6 Å². The lowest BCUT2D eigenvalue weighted by atomic mass is 10.1. The van der Waals surface area contributed by atoms with Gasteiger partial charge < -0.3 is 5.32 Å². The van der Waals surface area contributed by atoms with E-state index in [9.17, 15) is 4.39 Å². The summed E-state index contributed by atoms with van der Waals surface area (Å²) < 4.78 is 14.4. The molecule has 2 unspecified atom stereocenters. The third-order valence-electron chi connectivity index (χ3n) is 2.86. The highest BCUT2D eigenvalue weighted by Crippen LogP contribution is 2.29. The van der Waals surface area contributed by atoms with Gasteiger partial charge in [-0.3, -0.25) is 0 Å². The lowest BCUT2D eigenvalue weighted by molar-refractivity contribution is -0.0905. The van der Waals surface area contributed by atoms with E-state index in [1.165, 1.54) is 6.42 Å². The predicted molar refractivity (Wildman–Crippen MR) is 57.0 cm³/mol. The second kappa shape index (κ2) is 4.43. The molecule has 3 nitrogen and oxygen atoms in total. The molecule has 0 aliphatic carbocycles. The first-order valence-electron chi connectivity index (χ1n) is 5.21. The van der Waals surface area contributed by atoms with Crippen LogP contribution in [-0.4, -0.2) is 41.9 Å². The molecule has 0 aromatic carbocycles. The Morgan fingerprint density at radius 1 is 1.50 bits per heavy atom. The zero-order valence-corrected chi connectivity index (χ0v) is 9.76. The van der Waals surface area contributed by atoms with Gasteiger partial charge in [0.05, 0.1) is 11.5 Å². The van der Waals surface area contributed by atoms with E-state index in [1.807, 2.05) is 4.90 Å². The van der Waals surface area contributed by atoms with E-state index in [1.54, 1.807) is 0 Å². The standard InChI is InChI=1S/C9H16BrFN3/c10-8-3-1-2-6-14(8)9(11)7-12-4-5-13-9/h8,12H,1-7H2. The molecule has 0 amide bonds. The monoisotopic (exact) mass is 264 g/mol. The molecule has 2 heterocycles. The highest BCUT2D eigenvalue weighted by molar-refractivity contribution is 9.09. The van der Waals surface area contributed by atoms with Crippen LogP contribution < -0.4 is 10.6 Å². The number of rotatable bonds is 1.